The van der Waals surface area contributed by atoms with Crippen molar-refractivity contribution < 1.29 is 19.1 Å². The minimum atomic E-state index is -0.953. The predicted octanol–water partition coefficient (Wildman–Crippen LogP) is 1.85. The lowest BCUT2D eigenvalue weighted by Gasteiger charge is -2.25. The minimum Gasteiger partial charge on any atom is -0.480 e. The van der Waals surface area contributed by atoms with E-state index < -0.39 is 12.0 Å². The van der Waals surface area contributed by atoms with Crippen LogP contribution < -0.4 is 5.32 Å². The molecule has 2 amide bonds. The Bertz CT molecular complexity index is 457. The first-order chi connectivity index (χ1) is 9.00. The van der Waals surface area contributed by atoms with E-state index >= 15 is 0 Å². The van der Waals surface area contributed by atoms with Crippen LogP contribution in [-0.2, 0) is 4.79 Å². The van der Waals surface area contributed by atoms with Gasteiger partial charge in [-0.15, -0.1) is 0 Å². The normalized spacial score (nSPS) is 24.2. The lowest BCUT2D eigenvalue weighted by Crippen LogP contribution is -2.48. The summed E-state index contributed by atoms with van der Waals surface area (Å²) in [6, 6.07) is 2.12. The number of carboxylic acids is 1. The number of amides is 2. The summed E-state index contributed by atoms with van der Waals surface area (Å²) < 4.78 is 5.20. The molecule has 0 saturated carbocycles. The number of nitrogens with zero attached hydrogens (tertiary/aromatic N) is 1. The monoisotopic (exact) mass is 266 g/mol. The quantitative estimate of drug-likeness (QED) is 0.874. The van der Waals surface area contributed by atoms with Crippen molar-refractivity contribution in [3.63, 3.8) is 0 Å². The second-order valence-corrected chi connectivity index (χ2v) is 4.93. The third kappa shape index (κ3) is 2.72. The molecule has 1 aliphatic heterocycles. The van der Waals surface area contributed by atoms with Gasteiger partial charge >= 0.3 is 12.0 Å². The summed E-state index contributed by atoms with van der Waals surface area (Å²) in [4.78, 5) is 24.7. The molecule has 6 heteroatoms. The summed E-state index contributed by atoms with van der Waals surface area (Å²) in [5, 5.41) is 11.9. The lowest BCUT2D eigenvalue weighted by molar-refractivity contribution is -0.142. The molecule has 19 heavy (non-hydrogen) atoms. The summed E-state index contributed by atoms with van der Waals surface area (Å²) in [7, 11) is 0. The zero-order valence-electron chi connectivity index (χ0n) is 11.0. The summed E-state index contributed by atoms with van der Waals surface area (Å²) in [5.41, 5.74) is 0. The molecule has 2 heterocycles. The van der Waals surface area contributed by atoms with Gasteiger partial charge in [0.15, 0.2) is 0 Å². The first-order valence-electron chi connectivity index (χ1n) is 6.34. The van der Waals surface area contributed by atoms with Gasteiger partial charge in [0.25, 0.3) is 0 Å². The van der Waals surface area contributed by atoms with E-state index in [2.05, 4.69) is 5.32 Å². The van der Waals surface area contributed by atoms with E-state index in [0.717, 1.165) is 0 Å². The SMILES string of the molecule is CC(NC(=O)N1CCC(C)C1C(=O)O)c1ccco1. The van der Waals surface area contributed by atoms with Gasteiger partial charge < -0.3 is 19.7 Å². The standard InChI is InChI=1S/C13H18N2O4/c1-8-5-6-15(11(8)12(16)17)13(18)14-9(2)10-4-3-7-19-10/h3-4,7-9,11H,5-6H2,1-2H3,(H,14,18)(H,16,17). The number of hydrogen-bond acceptors (Lipinski definition) is 3. The number of furan rings is 1. The Morgan fingerprint density at radius 2 is 2.32 bits per heavy atom. The molecule has 0 bridgehead atoms. The zero-order valence-corrected chi connectivity index (χ0v) is 11.0. The Kier molecular flexibility index (Phi) is 3.78. The fraction of sp³-hybridized carbons (Fsp3) is 0.538. The molecule has 1 aromatic rings. The Balaban J connectivity index is 2.02. The highest BCUT2D eigenvalue weighted by Gasteiger charge is 2.39. The van der Waals surface area contributed by atoms with Crippen molar-refractivity contribution in [2.75, 3.05) is 6.54 Å². The minimum absolute atomic E-state index is 0.0258. The smallest absolute Gasteiger partial charge is 0.326 e. The van der Waals surface area contributed by atoms with Gasteiger partial charge in [-0.3, -0.25) is 0 Å². The van der Waals surface area contributed by atoms with Crippen LogP contribution in [0.5, 0.6) is 0 Å². The molecule has 1 fully saturated rings. The van der Waals surface area contributed by atoms with Crippen LogP contribution in [0.4, 0.5) is 4.79 Å². The van der Waals surface area contributed by atoms with E-state index in [-0.39, 0.29) is 18.0 Å². The van der Waals surface area contributed by atoms with E-state index in [0.29, 0.717) is 18.7 Å². The largest absolute Gasteiger partial charge is 0.480 e. The Morgan fingerprint density at radius 3 is 2.89 bits per heavy atom. The molecular weight excluding hydrogens is 248 g/mol. The maximum atomic E-state index is 12.1. The molecule has 6 nitrogen and oxygen atoms in total. The topological polar surface area (TPSA) is 82.8 Å². The average Bonchev–Trinajstić information content (AvgIpc) is 2.96. The first kappa shape index (κ1) is 13.5. The molecule has 0 aromatic carbocycles. The predicted molar refractivity (Wildman–Crippen MR) is 67.6 cm³/mol. The summed E-state index contributed by atoms with van der Waals surface area (Å²) in [6.45, 7) is 4.11. The maximum Gasteiger partial charge on any atom is 0.326 e. The summed E-state index contributed by atoms with van der Waals surface area (Å²) >= 11 is 0. The number of urea groups is 1. The van der Waals surface area contributed by atoms with E-state index in [9.17, 15) is 14.7 Å². The van der Waals surface area contributed by atoms with Crippen LogP contribution in [0.15, 0.2) is 22.8 Å². The van der Waals surface area contributed by atoms with E-state index in [1.54, 1.807) is 19.1 Å². The van der Waals surface area contributed by atoms with Gasteiger partial charge in [-0.2, -0.15) is 0 Å². The second kappa shape index (κ2) is 5.34. The van der Waals surface area contributed by atoms with Crippen LogP contribution in [0, 0.1) is 5.92 Å². The van der Waals surface area contributed by atoms with Gasteiger partial charge in [-0.05, 0) is 31.4 Å². The highest BCUT2D eigenvalue weighted by Crippen LogP contribution is 2.24. The van der Waals surface area contributed by atoms with Crippen LogP contribution in [-0.4, -0.2) is 34.6 Å². The molecule has 1 aliphatic rings. The van der Waals surface area contributed by atoms with Crippen LogP contribution in [0.25, 0.3) is 0 Å². The molecule has 3 atom stereocenters. The molecular formula is C13H18N2O4. The Hall–Kier alpha value is -1.98. The second-order valence-electron chi connectivity index (χ2n) is 4.93. The van der Waals surface area contributed by atoms with Crippen molar-refractivity contribution in [1.29, 1.82) is 0 Å². The number of hydrogen-bond donors (Lipinski definition) is 2. The van der Waals surface area contributed by atoms with Crippen molar-refractivity contribution in [3.8, 4) is 0 Å². The summed E-state index contributed by atoms with van der Waals surface area (Å²) in [6.07, 6.45) is 2.25. The number of rotatable bonds is 3. The van der Waals surface area contributed by atoms with Crippen molar-refractivity contribution in [1.82, 2.24) is 10.2 Å². The van der Waals surface area contributed by atoms with E-state index in [1.165, 1.54) is 11.2 Å². The fourth-order valence-electron chi connectivity index (χ4n) is 2.43. The van der Waals surface area contributed by atoms with Gasteiger partial charge in [0.2, 0.25) is 0 Å². The van der Waals surface area contributed by atoms with Crippen LogP contribution >= 0.6 is 0 Å². The number of carboxylic acid groups (broad SMARTS) is 1. The van der Waals surface area contributed by atoms with Gasteiger partial charge in [0, 0.05) is 6.54 Å². The number of aliphatic carboxylic acids is 1. The molecule has 1 saturated heterocycles. The van der Waals surface area contributed by atoms with Gasteiger partial charge in [0.05, 0.1) is 12.3 Å². The van der Waals surface area contributed by atoms with Crippen molar-refractivity contribution >= 4 is 12.0 Å². The third-order valence-corrected chi connectivity index (χ3v) is 3.52. The lowest BCUT2D eigenvalue weighted by atomic mass is 10.0. The molecule has 2 N–H and O–H groups in total. The molecule has 0 aliphatic carbocycles. The van der Waals surface area contributed by atoms with Crippen LogP contribution in [0.1, 0.15) is 32.1 Å². The molecule has 2 rings (SSSR count). The number of nitrogens with one attached hydrogen (secondary N) is 1. The average molecular weight is 266 g/mol. The number of carbonyl (C=O) groups is 2. The molecule has 3 unspecified atom stereocenters. The van der Waals surface area contributed by atoms with Crippen LogP contribution in [0.3, 0.4) is 0 Å². The van der Waals surface area contributed by atoms with Crippen LogP contribution in [0.2, 0.25) is 0 Å². The Labute approximate surface area is 111 Å². The highest BCUT2D eigenvalue weighted by molar-refractivity contribution is 5.83. The van der Waals surface area contributed by atoms with Gasteiger partial charge in [0.1, 0.15) is 11.8 Å². The molecule has 0 radical (unpaired) electrons. The van der Waals surface area contributed by atoms with Crippen molar-refractivity contribution in [3.05, 3.63) is 24.2 Å². The number of carbonyl (C=O) groups excluding carboxylic acids is 1. The molecule has 104 valence electrons. The zero-order chi connectivity index (χ0) is 14.0. The van der Waals surface area contributed by atoms with Crippen molar-refractivity contribution in [2.24, 2.45) is 5.92 Å². The van der Waals surface area contributed by atoms with E-state index in [4.69, 9.17) is 4.42 Å². The molecule has 1 aromatic heterocycles. The fourth-order valence-corrected chi connectivity index (χ4v) is 2.43. The van der Waals surface area contributed by atoms with Crippen molar-refractivity contribution in [2.45, 2.75) is 32.4 Å². The summed E-state index contributed by atoms with van der Waals surface area (Å²) in [5.74, 6) is -0.333. The Morgan fingerprint density at radius 1 is 1.58 bits per heavy atom. The first-order valence-corrected chi connectivity index (χ1v) is 6.34. The maximum absolute atomic E-state index is 12.1. The molecule has 0 spiro atoms. The van der Waals surface area contributed by atoms with Gasteiger partial charge in [-0.1, -0.05) is 6.92 Å². The van der Waals surface area contributed by atoms with E-state index in [1.807, 2.05) is 6.92 Å². The highest BCUT2D eigenvalue weighted by atomic mass is 16.4. The third-order valence-electron chi connectivity index (χ3n) is 3.52. The number of likely N-dealkylation sites (tertiary alicyclic amines) is 1. The van der Waals surface area contributed by atoms with Gasteiger partial charge in [-0.25, -0.2) is 9.59 Å².